The van der Waals surface area contributed by atoms with E-state index in [0.29, 0.717) is 0 Å². The van der Waals surface area contributed by atoms with Crippen molar-refractivity contribution in [3.8, 4) is 0 Å². The molecule has 2 nitrogen and oxygen atoms in total. The Hall–Kier alpha value is -1.05. The van der Waals surface area contributed by atoms with Gasteiger partial charge in [-0.15, -0.1) is 0 Å². The van der Waals surface area contributed by atoms with Gasteiger partial charge in [0.25, 0.3) is 0 Å². The van der Waals surface area contributed by atoms with Gasteiger partial charge in [0, 0.05) is 18.3 Å². The van der Waals surface area contributed by atoms with E-state index in [0.717, 1.165) is 6.54 Å². The number of rotatable bonds is 5. The van der Waals surface area contributed by atoms with E-state index in [9.17, 15) is 0 Å². The van der Waals surface area contributed by atoms with Crippen molar-refractivity contribution in [1.29, 1.82) is 0 Å². The lowest BCUT2D eigenvalue weighted by Crippen LogP contribution is -1.97. The van der Waals surface area contributed by atoms with E-state index in [1.807, 2.05) is 6.20 Å². The van der Waals surface area contributed by atoms with Crippen LogP contribution in [-0.2, 0) is 6.54 Å². The Morgan fingerprint density at radius 2 is 2.25 bits per heavy atom. The highest BCUT2D eigenvalue weighted by Crippen LogP contribution is 2.26. The fraction of sp³-hybridized carbons (Fsp3) is 0.643. The van der Waals surface area contributed by atoms with Crippen LogP contribution in [0.2, 0.25) is 0 Å². The molecule has 1 aromatic heterocycles. The van der Waals surface area contributed by atoms with Gasteiger partial charge in [0.15, 0.2) is 0 Å². The van der Waals surface area contributed by atoms with Crippen LogP contribution in [0.4, 0.5) is 0 Å². The Balaban J connectivity index is 1.93. The molecule has 1 aliphatic carbocycles. The summed E-state index contributed by atoms with van der Waals surface area (Å²) in [6.45, 7) is 3.31. The SMILES string of the molecule is CCCCCn1cc(C2=CCCCC2)cn1. The summed E-state index contributed by atoms with van der Waals surface area (Å²) >= 11 is 0. The molecule has 0 aliphatic heterocycles. The van der Waals surface area contributed by atoms with Gasteiger partial charge in [-0.1, -0.05) is 25.8 Å². The summed E-state index contributed by atoms with van der Waals surface area (Å²) in [5.74, 6) is 0. The predicted molar refractivity (Wildman–Crippen MR) is 68.2 cm³/mol. The predicted octanol–water partition coefficient (Wildman–Crippen LogP) is 4.03. The second-order valence-corrected chi connectivity index (χ2v) is 4.67. The number of hydrogen-bond donors (Lipinski definition) is 0. The molecule has 0 unspecified atom stereocenters. The summed E-state index contributed by atoms with van der Waals surface area (Å²) in [6.07, 6.45) is 15.6. The Labute approximate surface area is 98.4 Å². The normalized spacial score (nSPS) is 16.2. The monoisotopic (exact) mass is 218 g/mol. The molecule has 0 saturated carbocycles. The second kappa shape index (κ2) is 5.88. The minimum absolute atomic E-state index is 1.07. The minimum atomic E-state index is 1.07. The van der Waals surface area contributed by atoms with Gasteiger partial charge in [-0.3, -0.25) is 4.68 Å². The van der Waals surface area contributed by atoms with Crippen LogP contribution < -0.4 is 0 Å². The van der Waals surface area contributed by atoms with Gasteiger partial charge in [-0.2, -0.15) is 5.10 Å². The average Bonchev–Trinajstić information content (AvgIpc) is 2.79. The smallest absolute Gasteiger partial charge is 0.0564 e. The van der Waals surface area contributed by atoms with Crippen LogP contribution in [0, 0.1) is 0 Å². The summed E-state index contributed by atoms with van der Waals surface area (Å²) < 4.78 is 2.10. The lowest BCUT2D eigenvalue weighted by atomic mass is 9.96. The molecular formula is C14H22N2. The van der Waals surface area contributed by atoms with Crippen LogP contribution in [0.1, 0.15) is 57.4 Å². The molecule has 2 rings (SSSR count). The number of aromatic nitrogens is 2. The van der Waals surface area contributed by atoms with Crippen LogP contribution in [0.15, 0.2) is 18.5 Å². The lowest BCUT2D eigenvalue weighted by Gasteiger charge is -2.10. The summed E-state index contributed by atoms with van der Waals surface area (Å²) in [6, 6.07) is 0. The molecular weight excluding hydrogens is 196 g/mol. The zero-order chi connectivity index (χ0) is 11.2. The van der Waals surface area contributed by atoms with Crippen molar-refractivity contribution in [2.75, 3.05) is 0 Å². The molecule has 0 atom stereocenters. The summed E-state index contributed by atoms with van der Waals surface area (Å²) in [5, 5.41) is 4.44. The van der Waals surface area contributed by atoms with E-state index in [4.69, 9.17) is 0 Å². The van der Waals surface area contributed by atoms with Gasteiger partial charge in [-0.25, -0.2) is 0 Å². The number of unbranched alkanes of at least 4 members (excludes halogenated alkanes) is 2. The molecule has 0 radical (unpaired) electrons. The van der Waals surface area contributed by atoms with Gasteiger partial charge in [0.1, 0.15) is 0 Å². The average molecular weight is 218 g/mol. The van der Waals surface area contributed by atoms with Crippen LogP contribution >= 0.6 is 0 Å². The standard InChI is InChI=1S/C14H22N2/c1-2-3-7-10-16-12-14(11-15-16)13-8-5-4-6-9-13/h8,11-12H,2-7,9-10H2,1H3. The number of nitrogens with zero attached hydrogens (tertiary/aromatic N) is 2. The van der Waals surface area contributed by atoms with E-state index in [2.05, 4.69) is 29.0 Å². The lowest BCUT2D eigenvalue weighted by molar-refractivity contribution is 0.553. The van der Waals surface area contributed by atoms with Crippen molar-refractivity contribution in [3.63, 3.8) is 0 Å². The molecule has 2 heteroatoms. The molecule has 1 aromatic rings. The van der Waals surface area contributed by atoms with E-state index in [-0.39, 0.29) is 0 Å². The topological polar surface area (TPSA) is 17.8 Å². The molecule has 16 heavy (non-hydrogen) atoms. The molecule has 0 fully saturated rings. The van der Waals surface area contributed by atoms with Crippen molar-refractivity contribution in [3.05, 3.63) is 24.0 Å². The Kier molecular flexibility index (Phi) is 4.20. The number of aryl methyl sites for hydroxylation is 1. The molecule has 1 aliphatic rings. The molecule has 0 bridgehead atoms. The highest BCUT2D eigenvalue weighted by molar-refractivity contribution is 5.64. The molecule has 1 heterocycles. The quantitative estimate of drug-likeness (QED) is 0.682. The summed E-state index contributed by atoms with van der Waals surface area (Å²) in [4.78, 5) is 0. The van der Waals surface area contributed by atoms with Gasteiger partial charge in [0.05, 0.1) is 6.20 Å². The third kappa shape index (κ3) is 2.97. The largest absolute Gasteiger partial charge is 0.272 e. The summed E-state index contributed by atoms with van der Waals surface area (Å²) in [7, 11) is 0. The van der Waals surface area contributed by atoms with Crippen LogP contribution in [0.5, 0.6) is 0 Å². The number of hydrogen-bond acceptors (Lipinski definition) is 1. The Morgan fingerprint density at radius 1 is 1.31 bits per heavy atom. The third-order valence-corrected chi connectivity index (χ3v) is 3.29. The van der Waals surface area contributed by atoms with E-state index in [1.54, 1.807) is 0 Å². The van der Waals surface area contributed by atoms with Gasteiger partial charge in [-0.05, 0) is 37.7 Å². The van der Waals surface area contributed by atoms with Crippen LogP contribution in [-0.4, -0.2) is 9.78 Å². The van der Waals surface area contributed by atoms with Crippen LogP contribution in [0.25, 0.3) is 5.57 Å². The maximum Gasteiger partial charge on any atom is 0.0564 e. The van der Waals surface area contributed by atoms with Gasteiger partial charge in [0.2, 0.25) is 0 Å². The zero-order valence-corrected chi connectivity index (χ0v) is 10.3. The van der Waals surface area contributed by atoms with Crippen molar-refractivity contribution >= 4 is 5.57 Å². The fourth-order valence-corrected chi connectivity index (χ4v) is 2.28. The maximum absolute atomic E-state index is 4.44. The highest BCUT2D eigenvalue weighted by atomic mass is 15.3. The molecule has 0 amide bonds. The first-order chi connectivity index (χ1) is 7.90. The molecule has 0 saturated heterocycles. The first kappa shape index (κ1) is 11.4. The second-order valence-electron chi connectivity index (χ2n) is 4.67. The van der Waals surface area contributed by atoms with E-state index in [1.165, 1.54) is 56.1 Å². The Bertz CT molecular complexity index is 349. The van der Waals surface area contributed by atoms with Crippen molar-refractivity contribution in [2.24, 2.45) is 0 Å². The van der Waals surface area contributed by atoms with E-state index >= 15 is 0 Å². The molecule has 0 spiro atoms. The first-order valence-corrected chi connectivity index (χ1v) is 6.62. The van der Waals surface area contributed by atoms with Crippen LogP contribution in [0.3, 0.4) is 0 Å². The molecule has 0 aromatic carbocycles. The Morgan fingerprint density at radius 3 is 3.00 bits per heavy atom. The third-order valence-electron chi connectivity index (χ3n) is 3.29. The fourth-order valence-electron chi connectivity index (χ4n) is 2.28. The maximum atomic E-state index is 4.44. The highest BCUT2D eigenvalue weighted by Gasteiger charge is 2.07. The first-order valence-electron chi connectivity index (χ1n) is 6.62. The van der Waals surface area contributed by atoms with Crippen molar-refractivity contribution < 1.29 is 0 Å². The minimum Gasteiger partial charge on any atom is -0.272 e. The number of allylic oxidation sites excluding steroid dienone is 2. The molecule has 88 valence electrons. The van der Waals surface area contributed by atoms with Gasteiger partial charge >= 0.3 is 0 Å². The van der Waals surface area contributed by atoms with Crippen molar-refractivity contribution in [2.45, 2.75) is 58.4 Å². The summed E-state index contributed by atoms with van der Waals surface area (Å²) in [5.41, 5.74) is 2.85. The van der Waals surface area contributed by atoms with E-state index < -0.39 is 0 Å². The molecule has 0 N–H and O–H groups in total. The van der Waals surface area contributed by atoms with Crippen molar-refractivity contribution in [1.82, 2.24) is 9.78 Å². The zero-order valence-electron chi connectivity index (χ0n) is 10.3. The van der Waals surface area contributed by atoms with Gasteiger partial charge < -0.3 is 0 Å².